The lowest BCUT2D eigenvalue weighted by Crippen LogP contribution is -2.26. The zero-order chi connectivity index (χ0) is 16.1. The monoisotopic (exact) mass is 314 g/mol. The predicted molar refractivity (Wildman–Crippen MR) is 93.9 cm³/mol. The summed E-state index contributed by atoms with van der Waals surface area (Å²) in [5.41, 5.74) is 2.74. The van der Waals surface area contributed by atoms with Crippen LogP contribution in [0.5, 0.6) is 0 Å². The Hall–Kier alpha value is -1.81. The second-order valence-corrected chi connectivity index (χ2v) is 6.72. The van der Waals surface area contributed by atoms with Gasteiger partial charge in [0.1, 0.15) is 0 Å². The van der Waals surface area contributed by atoms with Gasteiger partial charge < -0.3 is 4.90 Å². The van der Waals surface area contributed by atoms with Gasteiger partial charge in [-0.05, 0) is 41.5 Å². The van der Waals surface area contributed by atoms with E-state index < -0.39 is 0 Å². The van der Waals surface area contributed by atoms with Gasteiger partial charge in [0, 0.05) is 18.9 Å². The molecule has 0 aliphatic carbocycles. The molecular weight excluding hydrogens is 292 g/mol. The van der Waals surface area contributed by atoms with Crippen LogP contribution in [0.4, 0.5) is 5.69 Å². The Bertz CT molecular complexity index is 638. The highest BCUT2D eigenvalue weighted by Crippen LogP contribution is 2.22. The van der Waals surface area contributed by atoms with Crippen LogP contribution in [0, 0.1) is 0 Å². The molecule has 2 aromatic rings. The van der Waals surface area contributed by atoms with Crippen molar-refractivity contribution in [2.24, 2.45) is 0 Å². The van der Waals surface area contributed by atoms with Crippen LogP contribution >= 0.6 is 11.8 Å². The summed E-state index contributed by atoms with van der Waals surface area (Å²) in [7, 11) is 1.80. The van der Waals surface area contributed by atoms with E-state index in [1.807, 2.05) is 24.3 Å². The molecule has 116 valence electrons. The summed E-state index contributed by atoms with van der Waals surface area (Å²) >= 11 is 1.67. The summed E-state index contributed by atoms with van der Waals surface area (Å²) < 4.78 is 0. The third-order valence-electron chi connectivity index (χ3n) is 3.50. The Morgan fingerprint density at radius 1 is 1.27 bits per heavy atom. The minimum absolute atomic E-state index is 0.0403. The zero-order valence-corrected chi connectivity index (χ0v) is 14.4. The minimum atomic E-state index is -0.0403. The molecule has 1 aromatic heterocycles. The fourth-order valence-electron chi connectivity index (χ4n) is 2.14. The fraction of sp³-hybridized carbons (Fsp3) is 0.333. The van der Waals surface area contributed by atoms with Crippen molar-refractivity contribution in [3.8, 4) is 0 Å². The van der Waals surface area contributed by atoms with E-state index in [0.29, 0.717) is 11.5 Å². The van der Waals surface area contributed by atoms with Crippen LogP contribution in [0.3, 0.4) is 0 Å². The third-order valence-corrected chi connectivity index (χ3v) is 4.33. The number of aromatic nitrogens is 1. The molecular formula is C18H22N2OS. The van der Waals surface area contributed by atoms with Crippen molar-refractivity contribution in [2.45, 2.75) is 31.7 Å². The van der Waals surface area contributed by atoms with Crippen molar-refractivity contribution >= 4 is 23.4 Å². The fourth-order valence-corrected chi connectivity index (χ4v) is 2.73. The molecule has 0 spiro atoms. The molecule has 0 aliphatic rings. The number of amides is 1. The summed E-state index contributed by atoms with van der Waals surface area (Å²) in [6.45, 7) is 6.38. The number of nitrogens with zero attached hydrogens (tertiary/aromatic N) is 2. The molecule has 3 nitrogen and oxygen atoms in total. The lowest BCUT2D eigenvalue weighted by molar-refractivity contribution is 0.0992. The van der Waals surface area contributed by atoms with Gasteiger partial charge >= 0.3 is 0 Å². The summed E-state index contributed by atoms with van der Waals surface area (Å²) in [5, 5.41) is 0.948. The summed E-state index contributed by atoms with van der Waals surface area (Å²) in [5.74, 6) is 1.37. The average molecular weight is 314 g/mol. The largest absolute Gasteiger partial charge is 0.311 e. The van der Waals surface area contributed by atoms with Crippen molar-refractivity contribution in [3.05, 3.63) is 53.7 Å². The van der Waals surface area contributed by atoms with Crippen molar-refractivity contribution in [3.63, 3.8) is 0 Å². The van der Waals surface area contributed by atoms with Gasteiger partial charge in [-0.25, -0.2) is 4.98 Å². The highest BCUT2D eigenvalue weighted by molar-refractivity contribution is 7.99. The molecule has 1 aromatic carbocycles. The maximum Gasteiger partial charge on any atom is 0.259 e. The molecule has 22 heavy (non-hydrogen) atoms. The lowest BCUT2D eigenvalue weighted by atomic mass is 10.0. The SMILES string of the molecule is CCSc1ccc(C(=O)N(C)c2cccc(C(C)C)c2)cn1. The summed E-state index contributed by atoms with van der Waals surface area (Å²) in [4.78, 5) is 18.6. The molecule has 0 atom stereocenters. The van der Waals surface area contributed by atoms with Crippen molar-refractivity contribution in [2.75, 3.05) is 17.7 Å². The molecule has 0 saturated heterocycles. The Kier molecular flexibility index (Phi) is 5.61. The molecule has 4 heteroatoms. The number of hydrogen-bond donors (Lipinski definition) is 0. The number of benzene rings is 1. The second-order valence-electron chi connectivity index (χ2n) is 5.43. The van der Waals surface area contributed by atoms with Crippen LogP contribution in [0.1, 0.15) is 42.6 Å². The van der Waals surface area contributed by atoms with E-state index in [4.69, 9.17) is 0 Å². The number of hydrogen-bond acceptors (Lipinski definition) is 3. The first kappa shape index (κ1) is 16.6. The van der Waals surface area contributed by atoms with Crippen LogP contribution in [-0.4, -0.2) is 23.7 Å². The Labute approximate surface area is 136 Å². The standard InChI is InChI=1S/C18H22N2OS/c1-5-22-17-10-9-15(12-19-17)18(21)20(4)16-8-6-7-14(11-16)13(2)3/h6-13H,5H2,1-4H3. The van der Waals surface area contributed by atoms with Gasteiger partial charge in [-0.1, -0.05) is 32.9 Å². The van der Waals surface area contributed by atoms with Gasteiger partial charge in [-0.3, -0.25) is 4.79 Å². The number of carbonyl (C=O) groups is 1. The van der Waals surface area contributed by atoms with Gasteiger partial charge in [0.25, 0.3) is 5.91 Å². The van der Waals surface area contributed by atoms with Crippen molar-refractivity contribution in [1.82, 2.24) is 4.98 Å². The van der Waals surface area contributed by atoms with E-state index in [9.17, 15) is 4.79 Å². The van der Waals surface area contributed by atoms with E-state index >= 15 is 0 Å². The van der Waals surface area contributed by atoms with Gasteiger partial charge in [0.2, 0.25) is 0 Å². The predicted octanol–water partition coefficient (Wildman–Crippen LogP) is 4.59. The second kappa shape index (κ2) is 7.45. The number of carbonyl (C=O) groups excluding carboxylic acids is 1. The van der Waals surface area contributed by atoms with Gasteiger partial charge in [-0.2, -0.15) is 0 Å². The molecule has 0 fully saturated rings. The normalized spacial score (nSPS) is 10.8. The van der Waals surface area contributed by atoms with E-state index in [-0.39, 0.29) is 5.91 Å². The van der Waals surface area contributed by atoms with Gasteiger partial charge in [0.15, 0.2) is 0 Å². The highest BCUT2D eigenvalue weighted by Gasteiger charge is 2.14. The average Bonchev–Trinajstić information content (AvgIpc) is 2.54. The summed E-state index contributed by atoms with van der Waals surface area (Å²) in [6, 6.07) is 11.9. The minimum Gasteiger partial charge on any atom is -0.311 e. The quantitative estimate of drug-likeness (QED) is 0.757. The smallest absolute Gasteiger partial charge is 0.259 e. The molecule has 0 bridgehead atoms. The number of anilines is 1. The molecule has 0 radical (unpaired) electrons. The first-order valence-electron chi connectivity index (χ1n) is 7.49. The molecule has 1 heterocycles. The number of rotatable bonds is 5. The van der Waals surface area contributed by atoms with Crippen LogP contribution in [0.25, 0.3) is 0 Å². The Morgan fingerprint density at radius 2 is 2.05 bits per heavy atom. The summed E-state index contributed by atoms with van der Waals surface area (Å²) in [6.07, 6.45) is 1.66. The molecule has 2 rings (SSSR count). The van der Waals surface area contributed by atoms with Crippen LogP contribution in [0.2, 0.25) is 0 Å². The first-order valence-corrected chi connectivity index (χ1v) is 8.48. The van der Waals surface area contributed by atoms with E-state index in [0.717, 1.165) is 16.5 Å². The highest BCUT2D eigenvalue weighted by atomic mass is 32.2. The van der Waals surface area contributed by atoms with E-state index in [1.165, 1.54) is 5.56 Å². The van der Waals surface area contributed by atoms with Gasteiger partial charge in [0.05, 0.1) is 10.6 Å². The Balaban J connectivity index is 2.19. The topological polar surface area (TPSA) is 33.2 Å². The number of pyridine rings is 1. The number of thioether (sulfide) groups is 1. The van der Waals surface area contributed by atoms with Gasteiger partial charge in [-0.15, -0.1) is 11.8 Å². The van der Waals surface area contributed by atoms with Crippen LogP contribution in [0.15, 0.2) is 47.6 Å². The van der Waals surface area contributed by atoms with E-state index in [2.05, 4.69) is 37.9 Å². The molecule has 0 saturated carbocycles. The van der Waals surface area contributed by atoms with Crippen molar-refractivity contribution in [1.29, 1.82) is 0 Å². The van der Waals surface area contributed by atoms with Crippen LogP contribution < -0.4 is 4.90 Å². The third kappa shape index (κ3) is 3.89. The molecule has 0 unspecified atom stereocenters. The molecule has 1 amide bonds. The molecule has 0 N–H and O–H groups in total. The zero-order valence-electron chi connectivity index (χ0n) is 13.5. The maximum atomic E-state index is 12.6. The van der Waals surface area contributed by atoms with Crippen LogP contribution in [-0.2, 0) is 0 Å². The lowest BCUT2D eigenvalue weighted by Gasteiger charge is -2.19. The maximum absolute atomic E-state index is 12.6. The first-order chi connectivity index (χ1) is 10.5. The van der Waals surface area contributed by atoms with Crippen molar-refractivity contribution < 1.29 is 4.79 Å². The van der Waals surface area contributed by atoms with E-state index in [1.54, 1.807) is 29.9 Å². The Morgan fingerprint density at radius 3 is 2.64 bits per heavy atom. The molecule has 0 aliphatic heterocycles.